The Labute approximate surface area is 105 Å². The molecule has 1 aliphatic rings. The molecule has 0 bridgehead atoms. The van der Waals surface area contributed by atoms with Crippen LogP contribution in [-0.4, -0.2) is 17.5 Å². The first kappa shape index (κ1) is 11.6. The summed E-state index contributed by atoms with van der Waals surface area (Å²) >= 11 is 13.7. The van der Waals surface area contributed by atoms with Crippen molar-refractivity contribution >= 4 is 35.0 Å². The standard InChI is InChI=1S/C12H14Cl2S/c13-6-9(7-14)5-10-8-15-12-4-2-1-3-11(10)12/h1-4,9-10H,5-8H2. The molecule has 0 aromatic heterocycles. The summed E-state index contributed by atoms with van der Waals surface area (Å²) in [5.74, 6) is 3.63. The van der Waals surface area contributed by atoms with Gasteiger partial charge < -0.3 is 0 Å². The Morgan fingerprint density at radius 1 is 1.27 bits per heavy atom. The lowest BCUT2D eigenvalue weighted by atomic mass is 9.92. The molecule has 0 amide bonds. The van der Waals surface area contributed by atoms with E-state index in [1.54, 1.807) is 0 Å². The van der Waals surface area contributed by atoms with Gasteiger partial charge in [-0.05, 0) is 29.9 Å². The lowest BCUT2D eigenvalue weighted by Crippen LogP contribution is -2.10. The van der Waals surface area contributed by atoms with E-state index in [9.17, 15) is 0 Å². The van der Waals surface area contributed by atoms with Crippen LogP contribution in [0.1, 0.15) is 17.9 Å². The molecule has 0 N–H and O–H groups in total. The van der Waals surface area contributed by atoms with Crippen LogP contribution in [0.2, 0.25) is 0 Å². The quantitative estimate of drug-likeness (QED) is 0.726. The molecule has 0 spiro atoms. The van der Waals surface area contributed by atoms with Crippen molar-refractivity contribution in [3.63, 3.8) is 0 Å². The summed E-state index contributed by atoms with van der Waals surface area (Å²) in [4.78, 5) is 1.44. The van der Waals surface area contributed by atoms with E-state index in [0.29, 0.717) is 23.6 Å². The molecule has 0 saturated heterocycles. The molecule has 2 rings (SSSR count). The number of rotatable bonds is 4. The molecule has 1 aromatic rings. The van der Waals surface area contributed by atoms with Gasteiger partial charge in [-0.2, -0.15) is 0 Å². The highest BCUT2D eigenvalue weighted by Gasteiger charge is 2.24. The van der Waals surface area contributed by atoms with Crippen molar-refractivity contribution in [3.8, 4) is 0 Å². The maximum Gasteiger partial charge on any atom is 0.0263 e. The van der Waals surface area contributed by atoms with E-state index in [-0.39, 0.29) is 0 Å². The Hall–Kier alpha value is 0.150. The molecule has 3 heteroatoms. The van der Waals surface area contributed by atoms with Crippen LogP contribution >= 0.6 is 35.0 Å². The Balaban J connectivity index is 2.07. The van der Waals surface area contributed by atoms with Gasteiger partial charge in [0.2, 0.25) is 0 Å². The summed E-state index contributed by atoms with van der Waals surface area (Å²) in [6.45, 7) is 0. The number of thioether (sulfide) groups is 1. The minimum Gasteiger partial charge on any atom is -0.126 e. The summed E-state index contributed by atoms with van der Waals surface area (Å²) < 4.78 is 0. The second-order valence-corrected chi connectivity index (χ2v) is 5.64. The largest absolute Gasteiger partial charge is 0.126 e. The molecule has 0 saturated carbocycles. The average Bonchev–Trinajstić information content (AvgIpc) is 2.69. The van der Waals surface area contributed by atoms with E-state index in [4.69, 9.17) is 23.2 Å². The van der Waals surface area contributed by atoms with Gasteiger partial charge in [0.25, 0.3) is 0 Å². The normalized spacial score (nSPS) is 19.5. The van der Waals surface area contributed by atoms with Gasteiger partial charge in [0, 0.05) is 22.4 Å². The van der Waals surface area contributed by atoms with Gasteiger partial charge in [0.05, 0.1) is 0 Å². The van der Waals surface area contributed by atoms with Crippen LogP contribution in [0.15, 0.2) is 29.2 Å². The van der Waals surface area contributed by atoms with Crippen molar-refractivity contribution in [1.82, 2.24) is 0 Å². The molecule has 1 aliphatic heterocycles. The molecule has 82 valence electrons. The van der Waals surface area contributed by atoms with E-state index in [2.05, 4.69) is 24.3 Å². The molecule has 1 heterocycles. The molecule has 15 heavy (non-hydrogen) atoms. The number of benzene rings is 1. The summed E-state index contributed by atoms with van der Waals surface area (Å²) in [6, 6.07) is 8.67. The van der Waals surface area contributed by atoms with Crippen LogP contribution in [0, 0.1) is 5.92 Å². The Morgan fingerprint density at radius 3 is 2.73 bits per heavy atom. The molecule has 0 radical (unpaired) electrons. The zero-order valence-electron chi connectivity index (χ0n) is 8.46. The first-order chi connectivity index (χ1) is 7.35. The van der Waals surface area contributed by atoms with Crippen LogP contribution in [0.25, 0.3) is 0 Å². The summed E-state index contributed by atoms with van der Waals surface area (Å²) in [6.07, 6.45) is 1.12. The fourth-order valence-corrected chi connectivity index (χ4v) is 3.85. The van der Waals surface area contributed by atoms with Crippen molar-refractivity contribution < 1.29 is 0 Å². The van der Waals surface area contributed by atoms with Crippen LogP contribution in [-0.2, 0) is 0 Å². The van der Waals surface area contributed by atoms with E-state index in [0.717, 1.165) is 6.42 Å². The van der Waals surface area contributed by atoms with Crippen molar-refractivity contribution in [2.45, 2.75) is 17.2 Å². The zero-order valence-corrected chi connectivity index (χ0v) is 10.8. The first-order valence-electron chi connectivity index (χ1n) is 5.18. The summed E-state index contributed by atoms with van der Waals surface area (Å²) in [5, 5.41) is 0. The summed E-state index contributed by atoms with van der Waals surface area (Å²) in [7, 11) is 0. The van der Waals surface area contributed by atoms with Crippen molar-refractivity contribution in [2.75, 3.05) is 17.5 Å². The molecule has 0 aliphatic carbocycles. The lowest BCUT2D eigenvalue weighted by molar-refractivity contribution is 0.539. The fraction of sp³-hybridized carbons (Fsp3) is 0.500. The monoisotopic (exact) mass is 260 g/mol. The molecule has 1 atom stereocenters. The fourth-order valence-electron chi connectivity index (χ4n) is 1.99. The van der Waals surface area contributed by atoms with Crippen LogP contribution in [0.4, 0.5) is 0 Å². The highest BCUT2D eigenvalue weighted by Crippen LogP contribution is 2.42. The van der Waals surface area contributed by atoms with E-state index in [1.165, 1.54) is 16.2 Å². The number of fused-ring (bicyclic) bond motifs is 1. The molecular weight excluding hydrogens is 247 g/mol. The van der Waals surface area contributed by atoms with E-state index in [1.807, 2.05) is 11.8 Å². The molecule has 1 unspecified atom stereocenters. The van der Waals surface area contributed by atoms with Crippen LogP contribution in [0.3, 0.4) is 0 Å². The number of hydrogen-bond acceptors (Lipinski definition) is 1. The minimum absolute atomic E-state index is 0.449. The summed E-state index contributed by atoms with van der Waals surface area (Å²) in [5.41, 5.74) is 1.49. The van der Waals surface area contributed by atoms with Crippen LogP contribution < -0.4 is 0 Å². The number of halogens is 2. The second kappa shape index (κ2) is 5.47. The smallest absolute Gasteiger partial charge is 0.0263 e. The van der Waals surface area contributed by atoms with Gasteiger partial charge in [0.1, 0.15) is 0 Å². The molecule has 0 nitrogen and oxygen atoms in total. The molecule has 0 fully saturated rings. The van der Waals surface area contributed by atoms with Gasteiger partial charge in [-0.25, -0.2) is 0 Å². The SMILES string of the molecule is ClCC(CCl)CC1CSc2ccccc21. The number of hydrogen-bond donors (Lipinski definition) is 0. The second-order valence-electron chi connectivity index (χ2n) is 3.96. The first-order valence-corrected chi connectivity index (χ1v) is 7.24. The van der Waals surface area contributed by atoms with Gasteiger partial charge in [-0.1, -0.05) is 18.2 Å². The number of alkyl halides is 2. The third-order valence-corrected chi connectivity index (χ3v) is 4.98. The lowest BCUT2D eigenvalue weighted by Gasteiger charge is -2.16. The third kappa shape index (κ3) is 2.64. The maximum atomic E-state index is 5.88. The van der Waals surface area contributed by atoms with Crippen LogP contribution in [0.5, 0.6) is 0 Å². The highest BCUT2D eigenvalue weighted by atomic mass is 35.5. The average molecular weight is 261 g/mol. The van der Waals surface area contributed by atoms with Crippen molar-refractivity contribution in [3.05, 3.63) is 29.8 Å². The molecule has 1 aromatic carbocycles. The van der Waals surface area contributed by atoms with Gasteiger partial charge in [-0.3, -0.25) is 0 Å². The molecular formula is C12H14Cl2S. The Kier molecular flexibility index (Phi) is 4.24. The minimum atomic E-state index is 0.449. The predicted octanol–water partition coefficient (Wildman–Crippen LogP) is 4.36. The zero-order chi connectivity index (χ0) is 10.7. The maximum absolute atomic E-state index is 5.88. The third-order valence-electron chi connectivity index (χ3n) is 2.85. The Morgan fingerprint density at radius 2 is 2.00 bits per heavy atom. The van der Waals surface area contributed by atoms with E-state index >= 15 is 0 Å². The van der Waals surface area contributed by atoms with Gasteiger partial charge in [-0.15, -0.1) is 35.0 Å². The van der Waals surface area contributed by atoms with E-state index < -0.39 is 0 Å². The van der Waals surface area contributed by atoms with Gasteiger partial charge >= 0.3 is 0 Å². The predicted molar refractivity (Wildman–Crippen MR) is 69.5 cm³/mol. The van der Waals surface area contributed by atoms with Crippen molar-refractivity contribution in [1.29, 1.82) is 0 Å². The Bertz CT molecular complexity index is 323. The van der Waals surface area contributed by atoms with Gasteiger partial charge in [0.15, 0.2) is 0 Å². The highest BCUT2D eigenvalue weighted by molar-refractivity contribution is 7.99. The van der Waals surface area contributed by atoms with Crippen molar-refractivity contribution in [2.24, 2.45) is 5.92 Å². The topological polar surface area (TPSA) is 0 Å².